The third-order valence-corrected chi connectivity index (χ3v) is 3.39. The number of esters is 1. The molecular weight excluding hydrogens is 280 g/mol. The van der Waals surface area contributed by atoms with Crippen LogP contribution in [-0.4, -0.2) is 23.5 Å². The van der Waals surface area contributed by atoms with E-state index in [-0.39, 0.29) is 19.0 Å². The molecule has 0 aliphatic heterocycles. The Kier molecular flexibility index (Phi) is 5.07. The zero-order chi connectivity index (χ0) is 16.1. The number of aliphatic hydroxyl groups excluding tert-OH is 1. The molecule has 0 aliphatic carbocycles. The lowest BCUT2D eigenvalue weighted by Gasteiger charge is -2.07. The van der Waals surface area contributed by atoms with Crippen LogP contribution in [0.4, 0.5) is 0 Å². The van der Waals surface area contributed by atoms with Gasteiger partial charge in [-0.15, -0.1) is 0 Å². The predicted octanol–water partition coefficient (Wildman–Crippen LogP) is 2.84. The molecule has 114 valence electrons. The smallest absolute Gasteiger partial charge is 0.338 e. The van der Waals surface area contributed by atoms with Crippen LogP contribution in [0.2, 0.25) is 0 Å². The van der Waals surface area contributed by atoms with Crippen LogP contribution < -0.4 is 0 Å². The van der Waals surface area contributed by atoms with E-state index in [1.54, 1.807) is 30.3 Å². The van der Waals surface area contributed by atoms with Gasteiger partial charge in [-0.1, -0.05) is 35.9 Å². The molecule has 2 aromatic carbocycles. The molecule has 0 aromatic heterocycles. The van der Waals surface area contributed by atoms with Crippen LogP contribution in [0, 0.1) is 13.8 Å². The first-order valence-corrected chi connectivity index (χ1v) is 6.98. The van der Waals surface area contributed by atoms with Gasteiger partial charge in [0, 0.05) is 5.56 Å². The Morgan fingerprint density at radius 1 is 1.05 bits per heavy atom. The van der Waals surface area contributed by atoms with Gasteiger partial charge in [0.2, 0.25) is 5.78 Å². The number of hydrogen-bond acceptors (Lipinski definition) is 4. The molecule has 0 saturated heterocycles. The number of ether oxygens (including phenoxy) is 1. The molecule has 0 atom stereocenters. The fraction of sp³-hybridized carbons (Fsp3) is 0.222. The summed E-state index contributed by atoms with van der Waals surface area (Å²) in [7, 11) is 0. The molecule has 0 unspecified atom stereocenters. The van der Waals surface area contributed by atoms with Crippen molar-refractivity contribution in [3.05, 3.63) is 70.3 Å². The van der Waals surface area contributed by atoms with Gasteiger partial charge in [-0.25, -0.2) is 4.79 Å². The predicted molar refractivity (Wildman–Crippen MR) is 82.9 cm³/mol. The molecule has 0 amide bonds. The Labute approximate surface area is 129 Å². The summed E-state index contributed by atoms with van der Waals surface area (Å²) in [5.41, 5.74) is 3.57. The van der Waals surface area contributed by atoms with Crippen molar-refractivity contribution in [3.63, 3.8) is 0 Å². The maximum absolute atomic E-state index is 12.1. The molecule has 1 N–H and O–H groups in total. The van der Waals surface area contributed by atoms with E-state index in [9.17, 15) is 9.59 Å². The normalized spacial score (nSPS) is 10.3. The van der Waals surface area contributed by atoms with Crippen molar-refractivity contribution < 1.29 is 19.4 Å². The van der Waals surface area contributed by atoms with Gasteiger partial charge < -0.3 is 9.84 Å². The summed E-state index contributed by atoms with van der Waals surface area (Å²) >= 11 is 0. The van der Waals surface area contributed by atoms with Crippen molar-refractivity contribution in [1.29, 1.82) is 0 Å². The minimum atomic E-state index is -0.553. The lowest BCUT2D eigenvalue weighted by molar-refractivity contribution is 0.0474. The monoisotopic (exact) mass is 298 g/mol. The van der Waals surface area contributed by atoms with Gasteiger partial charge in [0.15, 0.2) is 6.61 Å². The summed E-state index contributed by atoms with van der Waals surface area (Å²) < 4.78 is 5.05. The summed E-state index contributed by atoms with van der Waals surface area (Å²) in [6, 6.07) is 11.9. The Hall–Kier alpha value is -2.46. The fourth-order valence-corrected chi connectivity index (χ4v) is 2.16. The SMILES string of the molecule is Cc1ccc(C(=O)COC(=O)c2ccc(CO)cc2)c(C)c1. The maximum atomic E-state index is 12.1. The molecule has 0 heterocycles. The highest BCUT2D eigenvalue weighted by atomic mass is 16.5. The third kappa shape index (κ3) is 3.80. The van der Waals surface area contributed by atoms with E-state index in [1.807, 2.05) is 26.0 Å². The van der Waals surface area contributed by atoms with Gasteiger partial charge in [0.1, 0.15) is 0 Å². The maximum Gasteiger partial charge on any atom is 0.338 e. The second kappa shape index (κ2) is 7.00. The average Bonchev–Trinajstić information content (AvgIpc) is 2.52. The Balaban J connectivity index is 1.99. The van der Waals surface area contributed by atoms with Crippen LogP contribution in [0.25, 0.3) is 0 Å². The Morgan fingerprint density at radius 3 is 2.32 bits per heavy atom. The quantitative estimate of drug-likeness (QED) is 0.681. The first-order valence-electron chi connectivity index (χ1n) is 6.98. The van der Waals surface area contributed by atoms with Gasteiger partial charge >= 0.3 is 5.97 Å². The van der Waals surface area contributed by atoms with Crippen molar-refractivity contribution in [1.82, 2.24) is 0 Å². The summed E-state index contributed by atoms with van der Waals surface area (Å²) in [5.74, 6) is -0.777. The fourth-order valence-electron chi connectivity index (χ4n) is 2.16. The summed E-state index contributed by atoms with van der Waals surface area (Å²) in [4.78, 5) is 24.0. The molecule has 0 spiro atoms. The molecule has 0 bridgehead atoms. The van der Waals surface area contributed by atoms with Gasteiger partial charge in [0.05, 0.1) is 12.2 Å². The van der Waals surface area contributed by atoms with Crippen LogP contribution in [0.3, 0.4) is 0 Å². The van der Waals surface area contributed by atoms with Crippen LogP contribution in [0.5, 0.6) is 0 Å². The summed E-state index contributed by atoms with van der Waals surface area (Å²) in [6.07, 6.45) is 0. The summed E-state index contributed by atoms with van der Waals surface area (Å²) in [5, 5.41) is 8.95. The molecule has 0 radical (unpaired) electrons. The van der Waals surface area contributed by atoms with Crippen molar-refractivity contribution in [2.45, 2.75) is 20.5 Å². The molecule has 22 heavy (non-hydrogen) atoms. The first-order chi connectivity index (χ1) is 10.5. The topological polar surface area (TPSA) is 63.6 Å². The van der Waals surface area contributed by atoms with E-state index in [4.69, 9.17) is 9.84 Å². The van der Waals surface area contributed by atoms with E-state index in [0.29, 0.717) is 16.7 Å². The highest BCUT2D eigenvalue weighted by Gasteiger charge is 2.13. The Bertz CT molecular complexity index is 687. The number of ketones is 1. The lowest BCUT2D eigenvalue weighted by Crippen LogP contribution is -2.15. The van der Waals surface area contributed by atoms with E-state index < -0.39 is 5.97 Å². The van der Waals surface area contributed by atoms with Crippen LogP contribution in [0.1, 0.15) is 37.4 Å². The van der Waals surface area contributed by atoms with Gasteiger partial charge in [-0.05, 0) is 37.1 Å². The largest absolute Gasteiger partial charge is 0.454 e. The number of Topliss-reactive ketones (excluding diaryl/α,β-unsaturated/α-hetero) is 1. The second-order valence-corrected chi connectivity index (χ2v) is 5.17. The number of carbonyl (C=O) groups is 2. The van der Waals surface area contributed by atoms with Gasteiger partial charge in [-0.2, -0.15) is 0 Å². The molecule has 0 aliphatic rings. The van der Waals surface area contributed by atoms with E-state index >= 15 is 0 Å². The Morgan fingerprint density at radius 2 is 1.73 bits per heavy atom. The standard InChI is InChI=1S/C18H18O4/c1-12-3-8-16(13(2)9-12)17(20)11-22-18(21)15-6-4-14(10-19)5-7-15/h3-9,19H,10-11H2,1-2H3. The van der Waals surface area contributed by atoms with E-state index in [1.165, 1.54) is 0 Å². The number of aryl methyl sites for hydroxylation is 2. The second-order valence-electron chi connectivity index (χ2n) is 5.17. The zero-order valence-electron chi connectivity index (χ0n) is 12.6. The van der Waals surface area contributed by atoms with Crippen molar-refractivity contribution in [2.75, 3.05) is 6.61 Å². The third-order valence-electron chi connectivity index (χ3n) is 3.39. The molecular formula is C18H18O4. The number of carbonyl (C=O) groups excluding carboxylic acids is 2. The number of benzene rings is 2. The number of rotatable bonds is 5. The van der Waals surface area contributed by atoms with Gasteiger partial charge in [0.25, 0.3) is 0 Å². The number of aliphatic hydroxyl groups is 1. The van der Waals surface area contributed by atoms with Gasteiger partial charge in [-0.3, -0.25) is 4.79 Å². The highest BCUT2D eigenvalue weighted by Crippen LogP contribution is 2.12. The molecule has 4 heteroatoms. The summed E-state index contributed by atoms with van der Waals surface area (Å²) in [6.45, 7) is 3.44. The van der Waals surface area contributed by atoms with Crippen LogP contribution in [0.15, 0.2) is 42.5 Å². The first kappa shape index (κ1) is 15.9. The zero-order valence-corrected chi connectivity index (χ0v) is 12.6. The molecule has 0 fully saturated rings. The van der Waals surface area contributed by atoms with E-state index in [0.717, 1.165) is 11.1 Å². The van der Waals surface area contributed by atoms with Crippen LogP contribution >= 0.6 is 0 Å². The van der Waals surface area contributed by atoms with Crippen molar-refractivity contribution in [3.8, 4) is 0 Å². The van der Waals surface area contributed by atoms with E-state index in [2.05, 4.69) is 0 Å². The molecule has 2 aromatic rings. The number of hydrogen-bond donors (Lipinski definition) is 1. The minimum Gasteiger partial charge on any atom is -0.454 e. The molecule has 2 rings (SSSR count). The molecule has 0 saturated carbocycles. The minimum absolute atomic E-state index is 0.0828. The van der Waals surface area contributed by atoms with Crippen LogP contribution in [-0.2, 0) is 11.3 Å². The molecule has 4 nitrogen and oxygen atoms in total. The highest BCUT2D eigenvalue weighted by molar-refractivity contribution is 6.00. The van der Waals surface area contributed by atoms with Crippen molar-refractivity contribution >= 4 is 11.8 Å². The average molecular weight is 298 g/mol. The lowest BCUT2D eigenvalue weighted by atomic mass is 10.0. The van der Waals surface area contributed by atoms with Crippen molar-refractivity contribution in [2.24, 2.45) is 0 Å².